The Bertz CT molecular complexity index is 732. The number of allylic oxidation sites excluding steroid dienone is 1. The molecule has 5 aliphatic rings. The molecule has 2 aliphatic carbocycles. The van der Waals surface area contributed by atoms with Gasteiger partial charge < -0.3 is 24.8 Å². The van der Waals surface area contributed by atoms with E-state index in [9.17, 15) is 19.4 Å². The number of carbonyl (C=O) groups excluding carboxylic acids is 1. The Morgan fingerprint density at radius 1 is 1.25 bits per heavy atom. The monoisotopic (exact) mass is 357 g/mol. The smallest absolute Gasteiger partial charge is 0.472 e. The van der Waals surface area contributed by atoms with E-state index in [4.69, 9.17) is 18.5 Å². The van der Waals surface area contributed by atoms with E-state index in [1.165, 1.54) is 0 Å². The lowest BCUT2D eigenvalue weighted by Gasteiger charge is -2.47. The quantitative estimate of drug-likeness (QED) is 0.541. The molecule has 4 fully saturated rings. The Morgan fingerprint density at radius 3 is 2.92 bits per heavy atom. The fourth-order valence-electron chi connectivity index (χ4n) is 4.52. The van der Waals surface area contributed by atoms with E-state index in [1.807, 2.05) is 6.08 Å². The van der Waals surface area contributed by atoms with Gasteiger partial charge in [0.25, 0.3) is 0 Å². The third kappa shape index (κ3) is 1.92. The van der Waals surface area contributed by atoms with Gasteiger partial charge in [-0.25, -0.2) is 4.57 Å². The van der Waals surface area contributed by atoms with E-state index in [0.717, 1.165) is 0 Å². The normalized spacial score (nSPS) is 49.0. The minimum Gasteiger partial charge on any atom is -0.507 e. The third-order valence-electron chi connectivity index (χ3n) is 5.47. The van der Waals surface area contributed by atoms with Crippen LogP contribution in [0.15, 0.2) is 23.4 Å². The number of fused-ring (bicyclic) bond motifs is 6. The first-order valence-electron chi connectivity index (χ1n) is 7.85. The number of hydrogen-bond donors (Lipinski definition) is 3. The molecule has 1 amide bonds. The number of rotatable bonds is 0. The molecule has 1 saturated carbocycles. The number of piperidine rings is 1. The molecule has 7 atom stereocenters. The Kier molecular flexibility index (Phi) is 2.93. The number of aliphatic hydroxyl groups is 1. The molecule has 0 aromatic heterocycles. The first-order valence-corrected chi connectivity index (χ1v) is 9.35. The largest absolute Gasteiger partial charge is 0.507 e. The summed E-state index contributed by atoms with van der Waals surface area (Å²) in [6.07, 6.45) is 1.85. The fraction of sp³-hybridized carbons (Fsp3) is 0.643. The molecular formula is C14H16NO8P. The number of carbonyl (C=O) groups is 1. The lowest BCUT2D eigenvalue weighted by Crippen LogP contribution is -2.63. The Hall–Kier alpha value is -1.54. The van der Waals surface area contributed by atoms with Crippen LogP contribution in [0.5, 0.6) is 0 Å². The lowest BCUT2D eigenvalue weighted by molar-refractivity contribution is -0.135. The Balaban J connectivity index is 1.52. The van der Waals surface area contributed by atoms with Crippen molar-refractivity contribution in [2.45, 2.75) is 31.1 Å². The molecule has 0 spiro atoms. The molecule has 0 bridgehead atoms. The van der Waals surface area contributed by atoms with Crippen LogP contribution in [0.1, 0.15) is 12.8 Å². The highest BCUT2D eigenvalue weighted by molar-refractivity contribution is 7.47. The third-order valence-corrected chi connectivity index (χ3v) is 6.52. The summed E-state index contributed by atoms with van der Waals surface area (Å²) >= 11 is 0. The van der Waals surface area contributed by atoms with Gasteiger partial charge in [0.15, 0.2) is 11.5 Å². The summed E-state index contributed by atoms with van der Waals surface area (Å²) in [5.74, 6) is -0.903. The molecule has 3 saturated heterocycles. The predicted molar refractivity (Wildman–Crippen MR) is 76.0 cm³/mol. The summed E-state index contributed by atoms with van der Waals surface area (Å²) in [6, 6.07) is -0.450. The van der Waals surface area contributed by atoms with Crippen LogP contribution in [0.2, 0.25) is 0 Å². The zero-order valence-electron chi connectivity index (χ0n) is 12.5. The number of phosphoric ester groups is 1. The zero-order chi connectivity index (χ0) is 16.6. The van der Waals surface area contributed by atoms with Crippen LogP contribution in [0.3, 0.4) is 0 Å². The van der Waals surface area contributed by atoms with Gasteiger partial charge in [0.05, 0.1) is 12.1 Å². The number of nitrogens with one attached hydrogen (secondary N) is 1. The molecule has 0 aromatic carbocycles. The highest BCUT2D eigenvalue weighted by atomic mass is 31.2. The van der Waals surface area contributed by atoms with E-state index in [2.05, 4.69) is 5.32 Å². The van der Waals surface area contributed by atoms with Gasteiger partial charge in [-0.15, -0.1) is 0 Å². The summed E-state index contributed by atoms with van der Waals surface area (Å²) < 4.78 is 32.6. The molecule has 0 radical (unpaired) electrons. The maximum absolute atomic E-state index is 12.6. The predicted octanol–water partition coefficient (Wildman–Crippen LogP) is 0.683. The van der Waals surface area contributed by atoms with Crippen molar-refractivity contribution in [3.63, 3.8) is 0 Å². The van der Waals surface area contributed by atoms with Crippen molar-refractivity contribution in [2.75, 3.05) is 6.79 Å². The van der Waals surface area contributed by atoms with Crippen molar-refractivity contribution in [1.82, 2.24) is 5.32 Å². The molecule has 9 nitrogen and oxygen atoms in total. The summed E-state index contributed by atoms with van der Waals surface area (Å²) in [5, 5.41) is 13.3. The maximum atomic E-state index is 12.6. The van der Waals surface area contributed by atoms with Gasteiger partial charge in [-0.1, -0.05) is 0 Å². The molecule has 5 rings (SSSR count). The van der Waals surface area contributed by atoms with Crippen LogP contribution >= 0.6 is 7.82 Å². The Morgan fingerprint density at radius 2 is 2.08 bits per heavy atom. The minimum atomic E-state index is -4.07. The molecule has 24 heavy (non-hydrogen) atoms. The van der Waals surface area contributed by atoms with Crippen molar-refractivity contribution in [3.8, 4) is 0 Å². The molecule has 3 heterocycles. The molecule has 7 unspecified atom stereocenters. The average molecular weight is 357 g/mol. The van der Waals surface area contributed by atoms with Crippen LogP contribution in [0, 0.1) is 17.8 Å². The second kappa shape index (κ2) is 4.76. The van der Waals surface area contributed by atoms with E-state index < -0.39 is 32.0 Å². The van der Waals surface area contributed by atoms with Gasteiger partial charge in [0, 0.05) is 5.92 Å². The molecule has 3 N–H and O–H groups in total. The molecule has 3 aliphatic heterocycles. The highest BCUT2D eigenvalue weighted by Gasteiger charge is 2.58. The standard InChI is InChI=1S/C14H16NO8P/c16-11-9-6(3-8-13(11)21-4-20-8)5-1-2-7-12(10(5)15-14(9)17)23-24(18,19)22-7/h3,5-7,9-10,12,16H,1-2,4H2,(H,15,17)(H,18,19). The highest BCUT2D eigenvalue weighted by Crippen LogP contribution is 2.58. The van der Waals surface area contributed by atoms with Crippen molar-refractivity contribution in [1.29, 1.82) is 0 Å². The summed E-state index contributed by atoms with van der Waals surface area (Å²) in [6.45, 7) is 0.00965. The van der Waals surface area contributed by atoms with Gasteiger partial charge >= 0.3 is 7.82 Å². The van der Waals surface area contributed by atoms with E-state index >= 15 is 0 Å². The van der Waals surface area contributed by atoms with E-state index in [1.54, 1.807) is 0 Å². The maximum Gasteiger partial charge on any atom is 0.472 e. The topological polar surface area (TPSA) is 124 Å². The van der Waals surface area contributed by atoms with Crippen molar-refractivity contribution < 1.29 is 37.9 Å². The second-order valence-electron chi connectivity index (χ2n) is 6.66. The van der Waals surface area contributed by atoms with Gasteiger partial charge in [-0.2, -0.15) is 0 Å². The van der Waals surface area contributed by atoms with Gasteiger partial charge in [-0.3, -0.25) is 13.8 Å². The molecule has 10 heteroatoms. The molecule has 130 valence electrons. The summed E-state index contributed by atoms with van der Waals surface area (Å²) in [5.41, 5.74) is 0. The summed E-state index contributed by atoms with van der Waals surface area (Å²) in [7, 11) is -4.07. The number of aliphatic hydroxyl groups excluding tert-OH is 1. The second-order valence-corrected chi connectivity index (χ2v) is 8.02. The zero-order valence-corrected chi connectivity index (χ0v) is 13.3. The SMILES string of the molecule is O=C1NC2C(CCC3OP(=O)(O)OC32)C2C=C3OCOC3=C(O)C12. The fourth-order valence-corrected chi connectivity index (χ4v) is 5.71. The molecule has 0 aromatic rings. The average Bonchev–Trinajstić information content (AvgIpc) is 3.10. The lowest BCUT2D eigenvalue weighted by atomic mass is 9.65. The van der Waals surface area contributed by atoms with E-state index in [-0.39, 0.29) is 36.1 Å². The van der Waals surface area contributed by atoms with E-state index in [0.29, 0.717) is 18.6 Å². The number of ether oxygens (including phenoxy) is 2. The first-order chi connectivity index (χ1) is 11.4. The van der Waals surface area contributed by atoms with Gasteiger partial charge in [0.2, 0.25) is 18.5 Å². The number of hydrogen-bond acceptors (Lipinski definition) is 7. The minimum absolute atomic E-state index is 0.00965. The van der Waals surface area contributed by atoms with Gasteiger partial charge in [0.1, 0.15) is 12.0 Å². The first kappa shape index (κ1) is 14.8. The van der Waals surface area contributed by atoms with Crippen molar-refractivity contribution in [2.24, 2.45) is 17.8 Å². The van der Waals surface area contributed by atoms with Crippen LogP contribution in [0.25, 0.3) is 0 Å². The van der Waals surface area contributed by atoms with Gasteiger partial charge in [-0.05, 0) is 24.8 Å². The van der Waals surface area contributed by atoms with Crippen molar-refractivity contribution in [3.05, 3.63) is 23.4 Å². The van der Waals surface area contributed by atoms with Crippen molar-refractivity contribution >= 4 is 13.7 Å². The number of amides is 1. The van der Waals surface area contributed by atoms with Crippen LogP contribution in [0.4, 0.5) is 0 Å². The number of phosphoric acid groups is 1. The van der Waals surface area contributed by atoms with Crippen LogP contribution in [-0.4, -0.2) is 40.9 Å². The summed E-state index contributed by atoms with van der Waals surface area (Å²) in [4.78, 5) is 22.2. The molecular weight excluding hydrogens is 341 g/mol. The van der Waals surface area contributed by atoms with Crippen LogP contribution < -0.4 is 5.32 Å². The Labute approximate surface area is 136 Å². The van der Waals surface area contributed by atoms with Crippen LogP contribution in [-0.2, 0) is 27.9 Å².